The van der Waals surface area contributed by atoms with Crippen LogP contribution in [0.5, 0.6) is 5.75 Å². The molecule has 8 heteroatoms. The van der Waals surface area contributed by atoms with Crippen LogP contribution < -0.4 is 4.74 Å². The van der Waals surface area contributed by atoms with Gasteiger partial charge in [0.05, 0.1) is 19.3 Å². The van der Waals surface area contributed by atoms with Crippen LogP contribution in [-0.2, 0) is 0 Å². The van der Waals surface area contributed by atoms with Crippen molar-refractivity contribution in [3.63, 3.8) is 0 Å². The van der Waals surface area contributed by atoms with Gasteiger partial charge < -0.3 is 39.7 Å². The Labute approximate surface area is 673 Å². The summed E-state index contributed by atoms with van der Waals surface area (Å²) in [5.74, 6) is 9.58. The van der Waals surface area contributed by atoms with E-state index in [9.17, 15) is 0 Å². The molecule has 3 N–H and O–H groups in total. The molecule has 0 spiro atoms. The van der Waals surface area contributed by atoms with Gasteiger partial charge in [0, 0.05) is 39.3 Å². The molecule has 1 aromatic carbocycles. The molecule has 3 aliphatic rings. The van der Waals surface area contributed by atoms with Crippen molar-refractivity contribution in [2.45, 2.75) is 432 Å². The smallest absolute Gasteiger partial charge is 0.119 e. The zero-order valence-electron chi connectivity index (χ0n) is 79.0. The molecular formula is C98H208N4O4. The van der Waals surface area contributed by atoms with Crippen LogP contribution in [0.3, 0.4) is 0 Å². The van der Waals surface area contributed by atoms with Crippen molar-refractivity contribution in [1.82, 2.24) is 19.6 Å². The fourth-order valence-corrected chi connectivity index (χ4v) is 12.2. The third kappa shape index (κ3) is 109. The lowest BCUT2D eigenvalue weighted by atomic mass is 9.78. The summed E-state index contributed by atoms with van der Waals surface area (Å²) in [5.41, 5.74) is 0.679. The summed E-state index contributed by atoms with van der Waals surface area (Å²) in [6.45, 7) is 80.0. The Morgan fingerprint density at radius 1 is 0.396 bits per heavy atom. The van der Waals surface area contributed by atoms with E-state index < -0.39 is 0 Å². The highest BCUT2D eigenvalue weighted by Gasteiger charge is 2.20. The average molecular weight is 1510 g/mol. The second-order valence-electron chi connectivity index (χ2n) is 37.1. The molecule has 1 saturated carbocycles. The number of aliphatic hydroxyl groups excluding tert-OH is 3. The molecule has 2 heterocycles. The van der Waals surface area contributed by atoms with E-state index >= 15 is 0 Å². The minimum atomic E-state index is -0.0741. The van der Waals surface area contributed by atoms with E-state index in [1.165, 1.54) is 251 Å². The molecule has 0 amide bonds. The van der Waals surface area contributed by atoms with E-state index in [-0.39, 0.29) is 12.7 Å². The van der Waals surface area contributed by atoms with Gasteiger partial charge in [0.15, 0.2) is 0 Å². The zero-order valence-corrected chi connectivity index (χ0v) is 79.0. The van der Waals surface area contributed by atoms with Crippen LogP contribution in [0, 0.1) is 70.5 Å². The highest BCUT2D eigenvalue weighted by atomic mass is 16.5. The van der Waals surface area contributed by atoms with Gasteiger partial charge >= 0.3 is 0 Å². The number of piperidine rings is 1. The second-order valence-corrected chi connectivity index (χ2v) is 37.1. The van der Waals surface area contributed by atoms with Gasteiger partial charge in [-0.25, -0.2) is 0 Å². The molecule has 2 saturated heterocycles. The lowest BCUT2D eigenvalue weighted by Gasteiger charge is -2.32. The molecule has 4 rings (SSSR count). The first-order valence-corrected chi connectivity index (χ1v) is 46.6. The molecule has 0 radical (unpaired) electrons. The van der Waals surface area contributed by atoms with Crippen molar-refractivity contribution < 1.29 is 20.1 Å². The number of piperazine rings is 1. The van der Waals surface area contributed by atoms with Crippen LogP contribution in [0.15, 0.2) is 30.3 Å². The third-order valence-corrected chi connectivity index (χ3v) is 20.2. The molecule has 644 valence electrons. The summed E-state index contributed by atoms with van der Waals surface area (Å²) in [7, 11) is 2.21. The van der Waals surface area contributed by atoms with Gasteiger partial charge in [0.25, 0.3) is 0 Å². The largest absolute Gasteiger partial charge is 0.494 e. The van der Waals surface area contributed by atoms with Crippen LogP contribution in [0.1, 0.15) is 426 Å². The highest BCUT2D eigenvalue weighted by molar-refractivity contribution is 5.20. The van der Waals surface area contributed by atoms with Gasteiger partial charge in [-0.05, 0) is 206 Å². The molecule has 2 unspecified atom stereocenters. The molecule has 0 aromatic heterocycles. The lowest BCUT2D eigenvalue weighted by Crippen LogP contribution is -2.44. The van der Waals surface area contributed by atoms with Crippen molar-refractivity contribution >= 4 is 0 Å². The second kappa shape index (κ2) is 89.3. The van der Waals surface area contributed by atoms with Crippen molar-refractivity contribution in [3.05, 3.63) is 30.3 Å². The van der Waals surface area contributed by atoms with Crippen molar-refractivity contribution in [2.24, 2.45) is 70.5 Å². The normalized spacial score (nSPS) is 14.9. The summed E-state index contributed by atoms with van der Waals surface area (Å²) in [6, 6.07) is 9.95. The predicted molar refractivity (Wildman–Crippen MR) is 486 cm³/mol. The van der Waals surface area contributed by atoms with Gasteiger partial charge in [-0.2, -0.15) is 0 Å². The molecule has 2 atom stereocenters. The Kier molecular flexibility index (Phi) is 99.4. The standard InChI is InChI=1S/C11H24N2.C11H16O.C10H23NO.C10H21N.C10H22.C9H20.C8H16.C8H18.2C7H16O.C7H16/c1-11(2)5-4-6-13-9-7-12(3)8-10-13;1-10(2)8-9-12-11-6-4-3-5-7-11;1-4-6-11(8-9-12)7-5-10(2)3;1-10(2)6-9-11-7-4-3-5-8-11;1-4-5-6-7-8-9-10(2)3;1-4-5-6-7-8-9(2)3;1-8(2)6-4-3-5-7-8;1-4-5-6-7-8(2)3;1-4-7(5-8)6(2)3;1-4-7(8)5-6(2)3;1-4-5-6-7(2)3/h11H,4-10H2,1-3H3;3-7,10H,8-9H2,1-2H3;10,12H,4-9H2,1-3H3;10H,3-9H2,1-2H3;10H,4-9H2,1-3H3;9H,4-8H2,1-3H3;3-7H2,1-2H3;8H,4-7H2,1-3H3;2*6-8H,4-5H2,1-3H3;7H,4-6H2,1-3H3. The molecule has 2 aliphatic heterocycles. The number of likely N-dealkylation sites (N-methyl/N-ethyl adjacent to an activating group) is 1. The van der Waals surface area contributed by atoms with E-state index in [0.717, 1.165) is 99.1 Å². The first kappa shape index (κ1) is 118. The predicted octanol–water partition coefficient (Wildman–Crippen LogP) is 29.1. The highest BCUT2D eigenvalue weighted by Crippen LogP contribution is 2.34. The maximum Gasteiger partial charge on any atom is 0.119 e. The quantitative estimate of drug-likeness (QED) is 0.0559. The molecule has 8 nitrogen and oxygen atoms in total. The van der Waals surface area contributed by atoms with Crippen molar-refractivity contribution in [2.75, 3.05) is 98.9 Å². The number of rotatable bonds is 42. The zero-order chi connectivity index (χ0) is 82.2. The number of nitrogens with zero attached hydrogens (tertiary/aromatic N) is 4. The first-order valence-electron chi connectivity index (χ1n) is 46.6. The fraction of sp³-hybridized carbons (Fsp3) is 0.939. The Hall–Kier alpha value is -1.26. The summed E-state index contributed by atoms with van der Waals surface area (Å²) >= 11 is 0. The van der Waals surface area contributed by atoms with Crippen LogP contribution >= 0.6 is 0 Å². The Morgan fingerprint density at radius 3 is 1.15 bits per heavy atom. The van der Waals surface area contributed by atoms with Crippen LogP contribution in [0.4, 0.5) is 0 Å². The van der Waals surface area contributed by atoms with Crippen LogP contribution in [-0.4, -0.2) is 140 Å². The van der Waals surface area contributed by atoms with Gasteiger partial charge in [-0.15, -0.1) is 0 Å². The van der Waals surface area contributed by atoms with E-state index in [4.69, 9.17) is 20.1 Å². The summed E-state index contributed by atoms with van der Waals surface area (Å²) in [4.78, 5) is 9.96. The van der Waals surface area contributed by atoms with Gasteiger partial charge in [-0.3, -0.25) is 0 Å². The summed E-state index contributed by atoms with van der Waals surface area (Å²) < 4.78 is 5.52. The van der Waals surface area contributed by atoms with Crippen LogP contribution in [0.25, 0.3) is 0 Å². The van der Waals surface area contributed by atoms with Crippen molar-refractivity contribution in [1.29, 1.82) is 0 Å². The lowest BCUT2D eigenvalue weighted by molar-refractivity contribution is 0.145. The third-order valence-electron chi connectivity index (χ3n) is 20.2. The van der Waals surface area contributed by atoms with E-state index in [2.05, 4.69) is 221 Å². The number of ether oxygens (including phenoxy) is 1. The number of aliphatic hydroxyl groups is 3. The number of likely N-dealkylation sites (tertiary alicyclic amines) is 1. The number of para-hydroxylation sites is 1. The van der Waals surface area contributed by atoms with E-state index in [1.54, 1.807) is 0 Å². The Bertz CT molecular complexity index is 1670. The number of benzene rings is 1. The monoisotopic (exact) mass is 1510 g/mol. The number of hydrogen-bond donors (Lipinski definition) is 3. The van der Waals surface area contributed by atoms with E-state index in [1.807, 2.05) is 37.3 Å². The molecule has 106 heavy (non-hydrogen) atoms. The van der Waals surface area contributed by atoms with E-state index in [0.29, 0.717) is 35.7 Å². The minimum absolute atomic E-state index is 0.0741. The summed E-state index contributed by atoms with van der Waals surface area (Å²) in [6.07, 6.45) is 47.5. The number of hydrogen-bond acceptors (Lipinski definition) is 8. The Morgan fingerprint density at radius 2 is 0.802 bits per heavy atom. The molecular weight excluding hydrogens is 1300 g/mol. The molecule has 1 aromatic rings. The maximum absolute atomic E-state index is 9.03. The SMILES string of the molecule is CC(C)CCCN1CCN(C)CC1.CC(C)CCN1CCCCC1.CC(C)CCOc1ccccc1.CC1(C)CCCCC1.CCC(CO)C(C)C.CCC(O)CC(C)C.CCCCC(C)C.CCCCCC(C)C.CCCCCCC(C)C.CCCCCCCC(C)C.CCCN(CCO)CCC(C)C. The number of unbranched alkanes of at least 4 members (excludes halogenated alkanes) is 10. The first-order chi connectivity index (χ1) is 50.1. The minimum Gasteiger partial charge on any atom is -0.494 e. The van der Waals surface area contributed by atoms with Gasteiger partial charge in [0.1, 0.15) is 5.75 Å². The van der Waals surface area contributed by atoms with Gasteiger partial charge in [-0.1, -0.05) is 367 Å². The molecule has 0 bridgehead atoms. The summed E-state index contributed by atoms with van der Waals surface area (Å²) in [5, 5.41) is 26.5. The topological polar surface area (TPSA) is 82.9 Å². The molecule has 3 fully saturated rings. The van der Waals surface area contributed by atoms with Crippen molar-refractivity contribution in [3.8, 4) is 5.75 Å². The average Bonchev–Trinajstić information content (AvgIpc) is 0.937. The van der Waals surface area contributed by atoms with Gasteiger partial charge in [0.2, 0.25) is 0 Å². The Balaban J connectivity index is -0.000000205. The maximum atomic E-state index is 9.03. The molecule has 1 aliphatic carbocycles. The fourth-order valence-electron chi connectivity index (χ4n) is 12.2. The van der Waals surface area contributed by atoms with Crippen LogP contribution in [0.2, 0.25) is 0 Å².